The van der Waals surface area contributed by atoms with E-state index >= 15 is 0 Å². The first-order valence-corrected chi connectivity index (χ1v) is 16.0. The molecule has 3 N–H and O–H groups in total. The zero-order valence-electron chi connectivity index (χ0n) is 23.0. The van der Waals surface area contributed by atoms with Gasteiger partial charge in [-0.15, -0.1) is 0 Å². The lowest BCUT2D eigenvalue weighted by molar-refractivity contribution is -0.151. The van der Waals surface area contributed by atoms with Crippen LogP contribution in [0.2, 0.25) is 0 Å². The Kier molecular flexibility index (Phi) is 8.45. The van der Waals surface area contributed by atoms with Crippen LogP contribution in [0.15, 0.2) is 35.9 Å². The monoisotopic (exact) mass is 664 g/mol. The molecular weight excluding hydrogens is 623 g/mol. The summed E-state index contributed by atoms with van der Waals surface area (Å²) in [6, 6.07) is 7.00. The molecule has 218 valence electrons. The molecule has 4 unspecified atom stereocenters. The highest BCUT2D eigenvalue weighted by Crippen LogP contribution is 2.60. The number of nitrogens with one attached hydrogen (secondary N) is 1. The number of aliphatic hydroxyl groups is 2. The van der Waals surface area contributed by atoms with Crippen LogP contribution < -0.4 is 10.1 Å². The predicted octanol–water partition coefficient (Wildman–Crippen LogP) is 3.29. The molecule has 2 amide bonds. The number of hydrogen-bond donors (Lipinski definition) is 3. The molecule has 6 aliphatic rings. The predicted molar refractivity (Wildman–Crippen MR) is 157 cm³/mol. The quantitative estimate of drug-likeness (QED) is 0.350. The van der Waals surface area contributed by atoms with Gasteiger partial charge in [-0.2, -0.15) is 0 Å². The van der Waals surface area contributed by atoms with Crippen molar-refractivity contribution in [3.8, 4) is 5.75 Å². The first-order chi connectivity index (χ1) is 19.3. The number of halogens is 1. The molecule has 5 aliphatic carbocycles. The fraction of sp³-hybridized carbons (Fsp3) is 0.677. The second-order valence-corrected chi connectivity index (χ2v) is 14.1. The molecule has 40 heavy (non-hydrogen) atoms. The molecule has 8 nitrogen and oxygen atoms in total. The van der Waals surface area contributed by atoms with Gasteiger partial charge in [0.15, 0.2) is 0 Å². The van der Waals surface area contributed by atoms with Crippen LogP contribution >= 0.6 is 22.6 Å². The number of benzene rings is 1. The zero-order valence-corrected chi connectivity index (χ0v) is 25.1. The molecule has 1 aromatic rings. The van der Waals surface area contributed by atoms with Gasteiger partial charge in [0.1, 0.15) is 18.0 Å². The Morgan fingerprint density at radius 3 is 2.45 bits per heavy atom. The van der Waals surface area contributed by atoms with Gasteiger partial charge in [-0.3, -0.25) is 9.59 Å². The third-order valence-electron chi connectivity index (χ3n) is 9.95. The Labute approximate surface area is 250 Å². The SMILES string of the molecule is O=C(NCCO)C1=CC(Oc2ccccc2I)C(O)C(N(CC23CC4CC(CC(C4)C2)C3)C(=O)C2CCOC2)C1. The van der Waals surface area contributed by atoms with Crippen molar-refractivity contribution in [2.24, 2.45) is 29.1 Å². The second-order valence-electron chi connectivity index (χ2n) is 12.9. The number of hydrogen-bond acceptors (Lipinski definition) is 6. The Balaban J connectivity index is 1.33. The minimum absolute atomic E-state index is 0.0300. The van der Waals surface area contributed by atoms with Gasteiger partial charge >= 0.3 is 0 Å². The summed E-state index contributed by atoms with van der Waals surface area (Å²) in [4.78, 5) is 29.3. The maximum atomic E-state index is 14.2. The van der Waals surface area contributed by atoms with Gasteiger partial charge in [0.05, 0.1) is 28.7 Å². The molecule has 1 heterocycles. The van der Waals surface area contributed by atoms with E-state index < -0.39 is 18.2 Å². The number of amides is 2. The summed E-state index contributed by atoms with van der Waals surface area (Å²) >= 11 is 2.20. The second kappa shape index (κ2) is 11.9. The summed E-state index contributed by atoms with van der Waals surface area (Å²) in [6.07, 6.45) is 8.23. The van der Waals surface area contributed by atoms with Crippen LogP contribution in [0.5, 0.6) is 5.75 Å². The molecule has 4 atom stereocenters. The van der Waals surface area contributed by atoms with Crippen molar-refractivity contribution in [2.45, 2.75) is 69.6 Å². The number of rotatable bonds is 9. The van der Waals surface area contributed by atoms with E-state index in [0.717, 1.165) is 40.6 Å². The summed E-state index contributed by atoms with van der Waals surface area (Å²) < 4.78 is 12.9. The number of carbonyl (C=O) groups is 2. The van der Waals surface area contributed by atoms with Crippen molar-refractivity contribution in [2.75, 3.05) is 32.9 Å². The lowest BCUT2D eigenvalue weighted by Crippen LogP contribution is -2.60. The van der Waals surface area contributed by atoms with Crippen molar-refractivity contribution in [1.29, 1.82) is 0 Å². The standard InChI is InChI=1S/C31H41IN2O6/c32-24-3-1-2-4-26(24)40-27-13-23(29(37)33-6-7-35)12-25(28(27)36)34(30(38)22-5-8-39-17-22)18-31-14-19-9-20(15-31)11-21(10-19)16-31/h1-4,13,19-22,25,27-28,35-36H,5-12,14-18H2,(H,33,37). The highest BCUT2D eigenvalue weighted by molar-refractivity contribution is 14.1. The molecule has 4 saturated carbocycles. The van der Waals surface area contributed by atoms with Gasteiger partial charge < -0.3 is 29.9 Å². The maximum absolute atomic E-state index is 14.2. The summed E-state index contributed by atoms with van der Waals surface area (Å²) in [5, 5.41) is 23.9. The van der Waals surface area contributed by atoms with E-state index in [1.807, 2.05) is 29.2 Å². The summed E-state index contributed by atoms with van der Waals surface area (Å²) in [6.45, 7) is 1.57. The molecular formula is C31H41IN2O6. The van der Waals surface area contributed by atoms with E-state index in [0.29, 0.717) is 37.5 Å². The van der Waals surface area contributed by atoms with E-state index in [4.69, 9.17) is 9.47 Å². The molecule has 5 fully saturated rings. The van der Waals surface area contributed by atoms with E-state index in [9.17, 15) is 19.8 Å². The lowest BCUT2D eigenvalue weighted by atomic mass is 9.49. The van der Waals surface area contributed by atoms with Gasteiger partial charge in [-0.1, -0.05) is 12.1 Å². The topological polar surface area (TPSA) is 108 Å². The Morgan fingerprint density at radius 1 is 1.12 bits per heavy atom. The minimum atomic E-state index is -0.995. The Bertz CT molecular complexity index is 1100. The molecule has 0 aromatic heterocycles. The normalized spacial score (nSPS) is 36.3. The fourth-order valence-corrected chi connectivity index (χ4v) is 9.15. The van der Waals surface area contributed by atoms with Crippen LogP contribution in [0.4, 0.5) is 0 Å². The van der Waals surface area contributed by atoms with Crippen LogP contribution in [0.25, 0.3) is 0 Å². The van der Waals surface area contributed by atoms with E-state index in [1.165, 1.54) is 19.3 Å². The third-order valence-corrected chi connectivity index (χ3v) is 10.8. The molecule has 0 spiro atoms. The smallest absolute Gasteiger partial charge is 0.247 e. The first kappa shape index (κ1) is 28.4. The average Bonchev–Trinajstić information content (AvgIpc) is 3.47. The molecule has 1 aromatic carbocycles. The number of nitrogens with zero attached hydrogens (tertiary/aromatic N) is 1. The molecule has 0 radical (unpaired) electrons. The number of ether oxygens (including phenoxy) is 2. The first-order valence-electron chi connectivity index (χ1n) is 14.9. The van der Waals surface area contributed by atoms with Crippen molar-refractivity contribution < 1.29 is 29.3 Å². The summed E-state index contributed by atoms with van der Waals surface area (Å²) in [5.74, 6) is 2.35. The average molecular weight is 665 g/mol. The highest BCUT2D eigenvalue weighted by atomic mass is 127. The lowest BCUT2D eigenvalue weighted by Gasteiger charge is -2.58. The van der Waals surface area contributed by atoms with Crippen LogP contribution in [-0.4, -0.2) is 78.1 Å². The fourth-order valence-electron chi connectivity index (χ4n) is 8.63. The summed E-state index contributed by atoms with van der Waals surface area (Å²) in [7, 11) is 0. The van der Waals surface area contributed by atoms with E-state index in [-0.39, 0.29) is 42.7 Å². The highest BCUT2D eigenvalue weighted by Gasteiger charge is 2.53. The molecule has 4 bridgehead atoms. The van der Waals surface area contributed by atoms with Gasteiger partial charge in [0, 0.05) is 31.7 Å². The number of carbonyl (C=O) groups excluding carboxylic acids is 2. The van der Waals surface area contributed by atoms with Gasteiger partial charge in [-0.25, -0.2) is 0 Å². The third kappa shape index (κ3) is 5.80. The molecule has 9 heteroatoms. The van der Waals surface area contributed by atoms with Gasteiger partial charge in [0.2, 0.25) is 11.8 Å². The van der Waals surface area contributed by atoms with E-state index in [1.54, 1.807) is 6.08 Å². The van der Waals surface area contributed by atoms with Gasteiger partial charge in [0.25, 0.3) is 0 Å². The van der Waals surface area contributed by atoms with Crippen molar-refractivity contribution in [1.82, 2.24) is 10.2 Å². The number of aliphatic hydroxyl groups excluding tert-OH is 2. The molecule has 1 aliphatic heterocycles. The van der Waals surface area contributed by atoms with E-state index in [2.05, 4.69) is 27.9 Å². The van der Waals surface area contributed by atoms with Crippen LogP contribution in [0.1, 0.15) is 51.4 Å². The zero-order chi connectivity index (χ0) is 27.9. The van der Waals surface area contributed by atoms with Gasteiger partial charge in [-0.05, 0) is 109 Å². The van der Waals surface area contributed by atoms with Crippen LogP contribution in [-0.2, 0) is 14.3 Å². The summed E-state index contributed by atoms with van der Waals surface area (Å²) in [5.41, 5.74) is 0.556. The molecule has 7 rings (SSSR count). The largest absolute Gasteiger partial charge is 0.482 e. The Hall–Kier alpha value is -1.69. The van der Waals surface area contributed by atoms with Crippen LogP contribution in [0.3, 0.4) is 0 Å². The van der Waals surface area contributed by atoms with Crippen molar-refractivity contribution in [3.05, 3.63) is 39.5 Å². The van der Waals surface area contributed by atoms with Crippen molar-refractivity contribution in [3.63, 3.8) is 0 Å². The maximum Gasteiger partial charge on any atom is 0.247 e. The number of para-hydroxylation sites is 1. The Morgan fingerprint density at radius 2 is 1.82 bits per heavy atom. The van der Waals surface area contributed by atoms with Crippen molar-refractivity contribution >= 4 is 34.4 Å². The van der Waals surface area contributed by atoms with Crippen LogP contribution in [0, 0.1) is 32.7 Å². The molecule has 1 saturated heterocycles. The minimum Gasteiger partial charge on any atom is -0.482 e.